The van der Waals surface area contributed by atoms with Gasteiger partial charge in [-0.3, -0.25) is 14.9 Å². The first kappa shape index (κ1) is 16.2. The maximum Gasteiger partial charge on any atom is 0.335 e. The van der Waals surface area contributed by atoms with Gasteiger partial charge in [0.25, 0.3) is 5.91 Å². The summed E-state index contributed by atoms with van der Waals surface area (Å²) in [7, 11) is 0. The van der Waals surface area contributed by atoms with Crippen molar-refractivity contribution in [1.29, 1.82) is 0 Å². The number of urea groups is 1. The molecule has 7 heteroatoms. The summed E-state index contributed by atoms with van der Waals surface area (Å²) in [5, 5.41) is 2.29. The molecule has 0 unspecified atom stereocenters. The van der Waals surface area contributed by atoms with E-state index in [4.69, 9.17) is 0 Å². The van der Waals surface area contributed by atoms with Gasteiger partial charge in [0.05, 0.1) is 5.69 Å². The highest BCUT2D eigenvalue weighted by atomic mass is 79.9. The molecule has 1 aromatic carbocycles. The van der Waals surface area contributed by atoms with Crippen LogP contribution in [-0.2, 0) is 9.59 Å². The Balaban J connectivity index is 2.61. The molecule has 1 saturated heterocycles. The minimum atomic E-state index is -1.21. The van der Waals surface area contributed by atoms with Gasteiger partial charge in [-0.2, -0.15) is 0 Å². The Morgan fingerprint density at radius 2 is 1.62 bits per heavy atom. The molecular formula is C14H14Br2N2O3. The summed E-state index contributed by atoms with van der Waals surface area (Å²) in [4.78, 5) is 38.2. The zero-order chi connectivity index (χ0) is 15.8. The standard InChI is InChI=1S/C14H14Br2N2O3/c1-3-14(4-2)11(19)17-13(21)18(12(14)20)10-8(15)6-5-7-9(10)16/h5-7H,3-4H2,1-2H3,(H,17,19,21). The molecule has 1 aliphatic heterocycles. The summed E-state index contributed by atoms with van der Waals surface area (Å²) < 4.78 is 1.19. The van der Waals surface area contributed by atoms with E-state index in [0.29, 0.717) is 27.5 Å². The fourth-order valence-corrected chi connectivity index (χ4v) is 3.81. The highest BCUT2D eigenvalue weighted by Crippen LogP contribution is 2.40. The Hall–Kier alpha value is -1.21. The zero-order valence-electron chi connectivity index (χ0n) is 11.6. The van der Waals surface area contributed by atoms with Crippen LogP contribution >= 0.6 is 31.9 Å². The predicted molar refractivity (Wildman–Crippen MR) is 85.9 cm³/mol. The highest BCUT2D eigenvalue weighted by Gasteiger charge is 2.52. The van der Waals surface area contributed by atoms with E-state index in [0.717, 1.165) is 4.90 Å². The minimum Gasteiger partial charge on any atom is -0.276 e. The molecule has 21 heavy (non-hydrogen) atoms. The largest absolute Gasteiger partial charge is 0.335 e. The number of amides is 4. The third-order valence-corrected chi connectivity index (χ3v) is 5.12. The van der Waals surface area contributed by atoms with Crippen LogP contribution in [0.1, 0.15) is 26.7 Å². The number of rotatable bonds is 3. The lowest BCUT2D eigenvalue weighted by molar-refractivity contribution is -0.143. The van der Waals surface area contributed by atoms with E-state index in [2.05, 4.69) is 37.2 Å². The molecule has 0 atom stereocenters. The van der Waals surface area contributed by atoms with Gasteiger partial charge >= 0.3 is 6.03 Å². The first-order valence-corrected chi connectivity index (χ1v) is 8.11. The second-order valence-corrected chi connectivity index (χ2v) is 6.47. The first-order chi connectivity index (χ1) is 9.89. The van der Waals surface area contributed by atoms with Crippen LogP contribution in [0.2, 0.25) is 0 Å². The van der Waals surface area contributed by atoms with Crippen molar-refractivity contribution in [1.82, 2.24) is 5.32 Å². The number of para-hydroxylation sites is 1. The molecule has 5 nitrogen and oxygen atoms in total. The van der Waals surface area contributed by atoms with Gasteiger partial charge in [-0.25, -0.2) is 9.69 Å². The van der Waals surface area contributed by atoms with E-state index < -0.39 is 23.3 Å². The van der Waals surface area contributed by atoms with Crippen LogP contribution in [0.25, 0.3) is 0 Å². The van der Waals surface area contributed by atoms with Crippen LogP contribution in [0.5, 0.6) is 0 Å². The fourth-order valence-electron chi connectivity index (χ4n) is 2.46. The lowest BCUT2D eigenvalue weighted by Gasteiger charge is -2.38. The monoisotopic (exact) mass is 416 g/mol. The van der Waals surface area contributed by atoms with Crippen molar-refractivity contribution in [3.05, 3.63) is 27.1 Å². The van der Waals surface area contributed by atoms with Gasteiger partial charge in [0.2, 0.25) is 5.91 Å². The van der Waals surface area contributed by atoms with Gasteiger partial charge in [-0.1, -0.05) is 19.9 Å². The summed E-state index contributed by atoms with van der Waals surface area (Å²) in [6.45, 7) is 3.54. The summed E-state index contributed by atoms with van der Waals surface area (Å²) in [6, 6.07) is 4.52. The van der Waals surface area contributed by atoms with Gasteiger partial charge in [0.1, 0.15) is 5.41 Å². The van der Waals surface area contributed by atoms with Crippen LogP contribution in [0.4, 0.5) is 10.5 Å². The number of hydrogen-bond acceptors (Lipinski definition) is 3. The maximum atomic E-state index is 12.8. The molecule has 112 valence electrons. The molecular weight excluding hydrogens is 404 g/mol. The summed E-state index contributed by atoms with van der Waals surface area (Å²) in [5.74, 6) is -1.02. The lowest BCUT2D eigenvalue weighted by Crippen LogP contribution is -2.64. The fraction of sp³-hybridized carbons (Fsp3) is 0.357. The van der Waals surface area contributed by atoms with E-state index >= 15 is 0 Å². The number of nitrogens with one attached hydrogen (secondary N) is 1. The second kappa shape index (κ2) is 5.88. The molecule has 0 aromatic heterocycles. The Bertz CT molecular complexity index is 606. The molecule has 0 bridgehead atoms. The van der Waals surface area contributed by atoms with E-state index in [1.807, 2.05) is 0 Å². The van der Waals surface area contributed by atoms with Crippen LogP contribution in [-0.4, -0.2) is 17.8 Å². The normalized spacial score (nSPS) is 17.9. The summed E-state index contributed by atoms with van der Waals surface area (Å²) in [5.41, 5.74) is -0.804. The van der Waals surface area contributed by atoms with Crippen LogP contribution in [0.3, 0.4) is 0 Å². The maximum absolute atomic E-state index is 12.8. The third-order valence-electron chi connectivity index (χ3n) is 3.84. The Labute approximate surface area is 139 Å². The molecule has 0 saturated carbocycles. The Morgan fingerprint density at radius 1 is 1.10 bits per heavy atom. The average Bonchev–Trinajstić information content (AvgIpc) is 2.43. The number of carbonyl (C=O) groups is 3. The zero-order valence-corrected chi connectivity index (χ0v) is 14.7. The van der Waals surface area contributed by atoms with Gasteiger partial charge in [0, 0.05) is 8.95 Å². The molecule has 1 fully saturated rings. The summed E-state index contributed by atoms with van der Waals surface area (Å²) >= 11 is 6.69. The SMILES string of the molecule is CCC1(CC)C(=O)NC(=O)N(c2c(Br)cccc2Br)C1=O. The lowest BCUT2D eigenvalue weighted by atomic mass is 9.78. The highest BCUT2D eigenvalue weighted by molar-refractivity contribution is 9.11. The van der Waals surface area contributed by atoms with Crippen LogP contribution in [0.15, 0.2) is 27.1 Å². The van der Waals surface area contributed by atoms with Crippen molar-refractivity contribution in [2.24, 2.45) is 5.41 Å². The molecule has 4 amide bonds. The van der Waals surface area contributed by atoms with Gasteiger partial charge < -0.3 is 0 Å². The quantitative estimate of drug-likeness (QED) is 0.764. The number of anilines is 1. The van der Waals surface area contributed by atoms with Crippen LogP contribution < -0.4 is 10.2 Å². The number of benzene rings is 1. The van der Waals surface area contributed by atoms with Gasteiger partial charge in [0.15, 0.2) is 0 Å². The average molecular weight is 418 g/mol. The number of barbiturate groups is 1. The molecule has 2 rings (SSSR count). The number of hydrogen-bond donors (Lipinski definition) is 1. The topological polar surface area (TPSA) is 66.5 Å². The Kier molecular flexibility index (Phi) is 4.53. The number of carbonyl (C=O) groups excluding carboxylic acids is 3. The van der Waals surface area contributed by atoms with E-state index in [9.17, 15) is 14.4 Å². The van der Waals surface area contributed by atoms with Crippen molar-refractivity contribution >= 4 is 55.4 Å². The van der Waals surface area contributed by atoms with Crippen molar-refractivity contribution in [2.45, 2.75) is 26.7 Å². The summed E-state index contributed by atoms with van der Waals surface area (Å²) in [6.07, 6.45) is 0.667. The van der Waals surface area contributed by atoms with E-state index in [1.165, 1.54) is 0 Å². The van der Waals surface area contributed by atoms with Crippen molar-refractivity contribution in [3.8, 4) is 0 Å². The number of nitrogens with zero attached hydrogens (tertiary/aromatic N) is 1. The molecule has 0 radical (unpaired) electrons. The van der Waals surface area contributed by atoms with Crippen molar-refractivity contribution in [2.75, 3.05) is 4.90 Å². The van der Waals surface area contributed by atoms with Crippen molar-refractivity contribution in [3.63, 3.8) is 0 Å². The van der Waals surface area contributed by atoms with E-state index in [1.54, 1.807) is 32.0 Å². The van der Waals surface area contributed by atoms with Crippen LogP contribution in [0, 0.1) is 5.41 Å². The van der Waals surface area contributed by atoms with Gasteiger partial charge in [-0.05, 0) is 56.8 Å². The molecule has 1 heterocycles. The molecule has 1 aliphatic rings. The Morgan fingerprint density at radius 3 is 2.10 bits per heavy atom. The van der Waals surface area contributed by atoms with Crippen molar-refractivity contribution < 1.29 is 14.4 Å². The molecule has 1 N–H and O–H groups in total. The first-order valence-electron chi connectivity index (χ1n) is 6.53. The molecule has 0 spiro atoms. The smallest absolute Gasteiger partial charge is 0.276 e. The second-order valence-electron chi connectivity index (χ2n) is 4.76. The molecule has 1 aromatic rings. The van der Waals surface area contributed by atoms with Gasteiger partial charge in [-0.15, -0.1) is 0 Å². The van der Waals surface area contributed by atoms with E-state index in [-0.39, 0.29) is 0 Å². The number of halogens is 2. The third kappa shape index (κ3) is 2.42. The minimum absolute atomic E-state index is 0.333. The predicted octanol–water partition coefficient (Wildman–Crippen LogP) is 3.60. The molecule has 0 aliphatic carbocycles. The number of imide groups is 2.